The van der Waals surface area contributed by atoms with Gasteiger partial charge in [-0.05, 0) is 14.1 Å². The molecule has 0 bridgehead atoms. The van der Waals surface area contributed by atoms with E-state index in [0.717, 1.165) is 14.1 Å². The van der Waals surface area contributed by atoms with Gasteiger partial charge in [-0.25, -0.2) is 0 Å². The molecule has 0 fully saturated rings. The molecule has 0 N–H and O–H groups in total. The molecule has 0 aromatic carbocycles. The summed E-state index contributed by atoms with van der Waals surface area (Å²) < 4.78 is 85.9. The number of halogens is 7. The zero-order valence-electron chi connectivity index (χ0n) is 8.21. The van der Waals surface area contributed by atoms with Gasteiger partial charge in [-0.1, -0.05) is 0 Å². The van der Waals surface area contributed by atoms with Crippen molar-refractivity contribution in [2.45, 2.75) is 12.4 Å². The van der Waals surface area contributed by atoms with Gasteiger partial charge >= 0.3 is 18.4 Å². The van der Waals surface area contributed by atoms with Crippen LogP contribution in [0, 0.1) is 5.41 Å². The molecule has 0 rings (SSSR count). The summed E-state index contributed by atoms with van der Waals surface area (Å²) in [5.74, 6) is 0. The molecule has 16 heavy (non-hydrogen) atoms. The maximum absolute atomic E-state index is 12.3. The third-order valence-corrected chi connectivity index (χ3v) is 1.86. The Balaban J connectivity index is 5.71. The minimum atomic E-state index is -6.04. The lowest BCUT2D eigenvalue weighted by molar-refractivity contribution is -0.330. The molecule has 0 amide bonds. The third kappa shape index (κ3) is 2.45. The molecule has 0 atom stereocenters. The van der Waals surface area contributed by atoms with Crippen molar-refractivity contribution in [1.29, 1.82) is 0 Å². The van der Waals surface area contributed by atoms with Gasteiger partial charge in [0, 0.05) is 6.54 Å². The highest BCUT2D eigenvalue weighted by molar-refractivity contribution is 5.78. The number of alkyl halides is 6. The predicted octanol–water partition coefficient (Wildman–Crippen LogP) is 2.16. The second-order valence-electron chi connectivity index (χ2n) is 3.41. The van der Waals surface area contributed by atoms with Gasteiger partial charge in [-0.2, -0.15) is 30.7 Å². The van der Waals surface area contributed by atoms with E-state index < -0.39 is 30.3 Å². The van der Waals surface area contributed by atoms with Crippen molar-refractivity contribution < 1.29 is 35.5 Å². The molecule has 96 valence electrons. The van der Waals surface area contributed by atoms with E-state index >= 15 is 0 Å². The highest BCUT2D eigenvalue weighted by Crippen LogP contribution is 2.51. The van der Waals surface area contributed by atoms with E-state index in [0.29, 0.717) is 4.90 Å². The molecule has 0 aromatic heterocycles. The Kier molecular flexibility index (Phi) is 3.96. The van der Waals surface area contributed by atoms with Crippen LogP contribution in [0.5, 0.6) is 0 Å². The summed E-state index contributed by atoms with van der Waals surface area (Å²) in [4.78, 5) is 10.6. The average Bonchev–Trinajstić information content (AvgIpc) is 1.93. The van der Waals surface area contributed by atoms with Gasteiger partial charge in [0.1, 0.15) is 0 Å². The Hall–Kier alpha value is -0.860. The quantitative estimate of drug-likeness (QED) is 0.569. The molecule has 0 spiro atoms. The monoisotopic (exact) mass is 255 g/mol. The van der Waals surface area contributed by atoms with Crippen LogP contribution in [0.15, 0.2) is 0 Å². The van der Waals surface area contributed by atoms with E-state index in [1.165, 1.54) is 0 Å². The highest BCUT2D eigenvalue weighted by Gasteiger charge is 2.76. The van der Waals surface area contributed by atoms with E-state index in [4.69, 9.17) is 0 Å². The first-order valence-corrected chi connectivity index (χ1v) is 3.84. The Bertz CT molecular complexity index is 253. The molecule has 0 saturated heterocycles. The number of carbonyl (C=O) groups excluding carboxylic acids is 1. The first-order chi connectivity index (χ1) is 6.86. The summed E-state index contributed by atoms with van der Waals surface area (Å²) >= 11 is 0. The zero-order valence-corrected chi connectivity index (χ0v) is 8.21. The van der Waals surface area contributed by atoms with Crippen molar-refractivity contribution in [2.75, 3.05) is 20.6 Å². The van der Waals surface area contributed by atoms with Gasteiger partial charge in [0.05, 0.1) is 0 Å². The highest BCUT2D eigenvalue weighted by atomic mass is 19.4. The van der Waals surface area contributed by atoms with Crippen LogP contribution in [0.2, 0.25) is 0 Å². The van der Waals surface area contributed by atoms with E-state index in [-0.39, 0.29) is 0 Å². The van der Waals surface area contributed by atoms with Gasteiger partial charge in [-0.3, -0.25) is 4.79 Å². The average molecular weight is 255 g/mol. The molecule has 0 aliphatic carbocycles. The number of carbonyl (C=O) groups is 1. The van der Waals surface area contributed by atoms with Crippen molar-refractivity contribution in [3.05, 3.63) is 0 Å². The maximum atomic E-state index is 12.3. The van der Waals surface area contributed by atoms with Crippen molar-refractivity contribution in [3.63, 3.8) is 0 Å². The summed E-state index contributed by atoms with van der Waals surface area (Å²) in [7, 11) is 1.74. The van der Waals surface area contributed by atoms with Crippen molar-refractivity contribution in [3.8, 4) is 0 Å². The Labute approximate surface area is 86.0 Å². The van der Waals surface area contributed by atoms with Crippen molar-refractivity contribution in [1.82, 2.24) is 4.90 Å². The molecule has 0 radical (unpaired) electrons. The molecular weight excluding hydrogens is 247 g/mol. The normalized spacial score (nSPS) is 14.4. The zero-order chi connectivity index (χ0) is 13.4. The maximum Gasteiger partial charge on any atom is 0.414 e. The van der Waals surface area contributed by atoms with Gasteiger partial charge in [0.25, 0.3) is 5.41 Å². The number of nitrogens with zero attached hydrogens (tertiary/aromatic N) is 1. The first kappa shape index (κ1) is 15.1. The third-order valence-electron chi connectivity index (χ3n) is 1.86. The minimum absolute atomic E-state index is 0.443. The predicted molar refractivity (Wildman–Crippen MR) is 39.2 cm³/mol. The number of hydrogen-bond donors (Lipinski definition) is 0. The Morgan fingerprint density at radius 1 is 1.00 bits per heavy atom. The Morgan fingerprint density at radius 2 is 1.31 bits per heavy atom. The summed E-state index contributed by atoms with van der Waals surface area (Å²) in [5, 5.41) is 0. The van der Waals surface area contributed by atoms with Crippen LogP contribution in [-0.2, 0) is 4.79 Å². The van der Waals surface area contributed by atoms with Gasteiger partial charge in [-0.15, -0.1) is 0 Å². The summed E-state index contributed by atoms with van der Waals surface area (Å²) in [6.45, 7) is -1.82. The molecule has 0 aliphatic heterocycles. The van der Waals surface area contributed by atoms with Crippen molar-refractivity contribution in [2.24, 2.45) is 5.41 Å². The second kappa shape index (κ2) is 4.19. The molecule has 2 nitrogen and oxygen atoms in total. The summed E-state index contributed by atoms with van der Waals surface area (Å²) in [5.41, 5.74) is -4.98. The SMILES string of the molecule is CN(C)CC(C(=O)F)(C(F)(F)F)C(F)(F)F. The van der Waals surface area contributed by atoms with Crippen LogP contribution in [0.4, 0.5) is 30.7 Å². The molecular formula is C7H8F7NO. The topological polar surface area (TPSA) is 20.3 Å². The fraction of sp³-hybridized carbons (Fsp3) is 0.857. The Morgan fingerprint density at radius 3 is 1.38 bits per heavy atom. The smallest absolute Gasteiger partial charge is 0.308 e. The largest absolute Gasteiger partial charge is 0.414 e. The van der Waals surface area contributed by atoms with Crippen LogP contribution >= 0.6 is 0 Å². The van der Waals surface area contributed by atoms with E-state index in [9.17, 15) is 35.5 Å². The first-order valence-electron chi connectivity index (χ1n) is 3.84. The molecule has 9 heteroatoms. The van der Waals surface area contributed by atoms with E-state index in [1.54, 1.807) is 0 Å². The lowest BCUT2D eigenvalue weighted by Crippen LogP contribution is -2.59. The number of hydrogen-bond acceptors (Lipinski definition) is 2. The van der Waals surface area contributed by atoms with Gasteiger partial charge < -0.3 is 4.90 Å². The number of rotatable bonds is 3. The fourth-order valence-corrected chi connectivity index (χ4v) is 1.10. The van der Waals surface area contributed by atoms with Gasteiger partial charge in [0.2, 0.25) is 0 Å². The van der Waals surface area contributed by atoms with Crippen molar-refractivity contribution >= 4 is 6.04 Å². The van der Waals surface area contributed by atoms with Crippen LogP contribution in [0.1, 0.15) is 0 Å². The van der Waals surface area contributed by atoms with Crippen LogP contribution in [0.25, 0.3) is 0 Å². The minimum Gasteiger partial charge on any atom is -0.308 e. The fourth-order valence-electron chi connectivity index (χ4n) is 1.10. The molecule has 0 unspecified atom stereocenters. The summed E-state index contributed by atoms with van der Waals surface area (Å²) in [6.07, 6.45) is -12.1. The van der Waals surface area contributed by atoms with E-state index in [1.807, 2.05) is 0 Å². The van der Waals surface area contributed by atoms with E-state index in [2.05, 4.69) is 0 Å². The standard InChI is InChI=1S/C7H8F7NO/c1-15(2)3-5(4(8)16,6(9,10)11)7(12,13)14/h3H2,1-2H3. The van der Waals surface area contributed by atoms with Gasteiger partial charge in [0.15, 0.2) is 0 Å². The molecule has 0 aliphatic rings. The lowest BCUT2D eigenvalue weighted by Gasteiger charge is -2.34. The summed E-state index contributed by atoms with van der Waals surface area (Å²) in [6, 6.07) is -3.46. The second-order valence-corrected chi connectivity index (χ2v) is 3.41. The molecule has 0 aromatic rings. The van der Waals surface area contributed by atoms with Crippen LogP contribution in [-0.4, -0.2) is 43.9 Å². The lowest BCUT2D eigenvalue weighted by atomic mass is 9.86. The van der Waals surface area contributed by atoms with Crippen LogP contribution in [0.3, 0.4) is 0 Å². The molecule has 0 saturated carbocycles. The van der Waals surface area contributed by atoms with Crippen LogP contribution < -0.4 is 0 Å². The molecule has 0 heterocycles.